The third-order valence-corrected chi connectivity index (χ3v) is 2.83. The molecule has 0 aromatic heterocycles. The number of carbonyl (C=O) groups is 2. The van der Waals surface area contributed by atoms with Crippen LogP contribution in [0.5, 0.6) is 0 Å². The van der Waals surface area contributed by atoms with Crippen molar-refractivity contribution in [3.8, 4) is 0 Å². The topological polar surface area (TPSA) is 67.4 Å². The Morgan fingerprint density at radius 3 is 2.75 bits per heavy atom. The van der Waals surface area contributed by atoms with Gasteiger partial charge in [-0.3, -0.25) is 9.59 Å². The highest BCUT2D eigenvalue weighted by Crippen LogP contribution is 2.19. The molecule has 0 saturated heterocycles. The van der Waals surface area contributed by atoms with Crippen LogP contribution in [0.4, 0.5) is 10.1 Å². The second kappa shape index (κ2) is 8.65. The molecule has 0 heterocycles. The fourth-order valence-corrected chi connectivity index (χ4v) is 1.70. The second-order valence-electron chi connectivity index (χ2n) is 3.88. The fraction of sp³-hybridized carbons (Fsp3) is 0.385. The molecular formula is C13H16BrFN2O3. The van der Waals surface area contributed by atoms with E-state index in [1.165, 1.54) is 12.1 Å². The molecule has 0 radical (unpaired) electrons. The molecule has 0 aliphatic rings. The van der Waals surface area contributed by atoms with Gasteiger partial charge in [0.25, 0.3) is 0 Å². The maximum absolute atomic E-state index is 13.5. The van der Waals surface area contributed by atoms with Gasteiger partial charge in [-0.2, -0.15) is 0 Å². The van der Waals surface area contributed by atoms with Crippen LogP contribution < -0.4 is 10.6 Å². The van der Waals surface area contributed by atoms with Crippen molar-refractivity contribution in [3.05, 3.63) is 28.5 Å². The average molecular weight is 347 g/mol. The van der Waals surface area contributed by atoms with Crippen LogP contribution in [-0.4, -0.2) is 31.6 Å². The molecule has 1 aromatic rings. The highest BCUT2D eigenvalue weighted by Gasteiger charge is 2.14. The van der Waals surface area contributed by atoms with E-state index < -0.39 is 17.6 Å². The van der Waals surface area contributed by atoms with Gasteiger partial charge in [-0.15, -0.1) is 0 Å². The first-order valence-corrected chi connectivity index (χ1v) is 6.96. The SMILES string of the molecule is CCOCCCNC(=O)C(=O)Nc1ccc(Br)cc1F. The van der Waals surface area contributed by atoms with E-state index in [0.29, 0.717) is 30.7 Å². The van der Waals surface area contributed by atoms with Crippen molar-refractivity contribution in [2.24, 2.45) is 0 Å². The molecule has 0 fully saturated rings. The van der Waals surface area contributed by atoms with Gasteiger partial charge in [-0.1, -0.05) is 15.9 Å². The van der Waals surface area contributed by atoms with Gasteiger partial charge in [0.1, 0.15) is 5.82 Å². The van der Waals surface area contributed by atoms with Gasteiger partial charge in [0.15, 0.2) is 0 Å². The van der Waals surface area contributed by atoms with Crippen molar-refractivity contribution in [1.82, 2.24) is 5.32 Å². The van der Waals surface area contributed by atoms with Crippen LogP contribution in [0.2, 0.25) is 0 Å². The fourth-order valence-electron chi connectivity index (χ4n) is 1.37. The van der Waals surface area contributed by atoms with Crippen molar-refractivity contribution in [3.63, 3.8) is 0 Å². The Labute approximate surface area is 125 Å². The van der Waals surface area contributed by atoms with Crippen molar-refractivity contribution in [2.45, 2.75) is 13.3 Å². The molecule has 0 aliphatic carbocycles. The summed E-state index contributed by atoms with van der Waals surface area (Å²) in [5.74, 6) is -2.32. The molecule has 1 rings (SSSR count). The molecule has 0 bridgehead atoms. The molecule has 20 heavy (non-hydrogen) atoms. The number of ether oxygens (including phenoxy) is 1. The monoisotopic (exact) mass is 346 g/mol. The van der Waals surface area contributed by atoms with Crippen molar-refractivity contribution in [1.29, 1.82) is 0 Å². The summed E-state index contributed by atoms with van der Waals surface area (Å²) in [5.41, 5.74) is -0.0392. The second-order valence-corrected chi connectivity index (χ2v) is 4.80. The highest BCUT2D eigenvalue weighted by molar-refractivity contribution is 9.10. The summed E-state index contributed by atoms with van der Waals surface area (Å²) in [6.07, 6.45) is 0.611. The van der Waals surface area contributed by atoms with Crippen LogP contribution in [0.15, 0.2) is 22.7 Å². The van der Waals surface area contributed by atoms with Gasteiger partial charge in [-0.25, -0.2) is 4.39 Å². The third-order valence-electron chi connectivity index (χ3n) is 2.34. The lowest BCUT2D eigenvalue weighted by Crippen LogP contribution is -2.36. The summed E-state index contributed by atoms with van der Waals surface area (Å²) in [7, 11) is 0. The van der Waals surface area contributed by atoms with E-state index in [-0.39, 0.29) is 5.69 Å². The highest BCUT2D eigenvalue weighted by atomic mass is 79.9. The Kier molecular flexibility index (Phi) is 7.17. The van der Waals surface area contributed by atoms with Crippen LogP contribution in [0.25, 0.3) is 0 Å². The molecule has 110 valence electrons. The summed E-state index contributed by atoms with van der Waals surface area (Å²) in [6.45, 7) is 3.32. The predicted octanol–water partition coefficient (Wildman–Crippen LogP) is 2.07. The third kappa shape index (κ3) is 5.66. The normalized spacial score (nSPS) is 10.2. The van der Waals surface area contributed by atoms with Crippen LogP contribution in [0.3, 0.4) is 0 Å². The standard InChI is InChI=1S/C13H16BrFN2O3/c1-2-20-7-3-6-16-12(18)13(19)17-11-5-4-9(14)8-10(11)15/h4-5,8H,2-3,6-7H2,1H3,(H,16,18)(H,17,19). The number of carbonyl (C=O) groups excluding carboxylic acids is 2. The Morgan fingerprint density at radius 2 is 2.10 bits per heavy atom. The van der Waals surface area contributed by atoms with Crippen molar-refractivity contribution >= 4 is 33.4 Å². The first-order valence-electron chi connectivity index (χ1n) is 6.16. The first kappa shape index (κ1) is 16.6. The summed E-state index contributed by atoms with van der Waals surface area (Å²) in [4.78, 5) is 23.0. The van der Waals surface area contributed by atoms with E-state index in [9.17, 15) is 14.0 Å². The molecule has 2 amide bonds. The molecule has 7 heteroatoms. The number of halogens is 2. The van der Waals surface area contributed by atoms with Crippen LogP contribution in [0.1, 0.15) is 13.3 Å². The number of anilines is 1. The summed E-state index contributed by atoms with van der Waals surface area (Å²) < 4.78 is 19.1. The number of amides is 2. The quantitative estimate of drug-likeness (QED) is 0.612. The zero-order valence-corrected chi connectivity index (χ0v) is 12.6. The largest absolute Gasteiger partial charge is 0.382 e. The minimum absolute atomic E-state index is 0.0392. The predicted molar refractivity (Wildman–Crippen MR) is 76.8 cm³/mol. The number of hydrogen-bond donors (Lipinski definition) is 2. The van der Waals surface area contributed by atoms with Crippen molar-refractivity contribution < 1.29 is 18.7 Å². The molecule has 0 unspecified atom stereocenters. The van der Waals surface area contributed by atoms with E-state index in [4.69, 9.17) is 4.74 Å². The Balaban J connectivity index is 2.39. The molecule has 1 aromatic carbocycles. The zero-order valence-electron chi connectivity index (χ0n) is 11.0. The summed E-state index contributed by atoms with van der Waals surface area (Å²) >= 11 is 3.10. The lowest BCUT2D eigenvalue weighted by molar-refractivity contribution is -0.136. The maximum Gasteiger partial charge on any atom is 0.313 e. The molecule has 0 atom stereocenters. The number of hydrogen-bond acceptors (Lipinski definition) is 3. The molecular weight excluding hydrogens is 331 g/mol. The van der Waals surface area contributed by atoms with Gasteiger partial charge in [-0.05, 0) is 31.5 Å². The smallest absolute Gasteiger partial charge is 0.313 e. The molecule has 0 saturated carbocycles. The van der Waals surface area contributed by atoms with Gasteiger partial charge in [0, 0.05) is 24.2 Å². The van der Waals surface area contributed by atoms with E-state index >= 15 is 0 Å². The number of nitrogens with one attached hydrogen (secondary N) is 2. The first-order chi connectivity index (χ1) is 9.54. The Morgan fingerprint density at radius 1 is 1.35 bits per heavy atom. The van der Waals surface area contributed by atoms with Crippen LogP contribution in [-0.2, 0) is 14.3 Å². The molecule has 5 nitrogen and oxygen atoms in total. The Bertz CT molecular complexity index is 483. The van der Waals surface area contributed by atoms with Gasteiger partial charge >= 0.3 is 11.8 Å². The van der Waals surface area contributed by atoms with Crippen LogP contribution >= 0.6 is 15.9 Å². The number of rotatable bonds is 6. The molecule has 0 spiro atoms. The van der Waals surface area contributed by atoms with Gasteiger partial charge < -0.3 is 15.4 Å². The van der Waals surface area contributed by atoms with E-state index in [0.717, 1.165) is 0 Å². The number of benzene rings is 1. The van der Waals surface area contributed by atoms with Gasteiger partial charge in [0.2, 0.25) is 0 Å². The van der Waals surface area contributed by atoms with Crippen LogP contribution in [0, 0.1) is 5.82 Å². The summed E-state index contributed by atoms with van der Waals surface area (Å²) in [5, 5.41) is 4.64. The maximum atomic E-state index is 13.5. The van der Waals surface area contributed by atoms with E-state index in [1.807, 2.05) is 6.92 Å². The van der Waals surface area contributed by atoms with E-state index in [1.54, 1.807) is 6.07 Å². The van der Waals surface area contributed by atoms with Crippen molar-refractivity contribution in [2.75, 3.05) is 25.1 Å². The minimum Gasteiger partial charge on any atom is -0.382 e. The lowest BCUT2D eigenvalue weighted by atomic mass is 10.3. The van der Waals surface area contributed by atoms with Gasteiger partial charge in [0.05, 0.1) is 5.69 Å². The summed E-state index contributed by atoms with van der Waals surface area (Å²) in [6, 6.07) is 4.15. The average Bonchev–Trinajstić information content (AvgIpc) is 2.41. The molecule has 2 N–H and O–H groups in total. The molecule has 0 aliphatic heterocycles. The minimum atomic E-state index is -0.900. The zero-order chi connectivity index (χ0) is 15.0. The Hall–Kier alpha value is -1.47. The van der Waals surface area contributed by atoms with E-state index in [2.05, 4.69) is 26.6 Å². The lowest BCUT2D eigenvalue weighted by Gasteiger charge is -2.07.